The van der Waals surface area contributed by atoms with Gasteiger partial charge in [0.1, 0.15) is 5.72 Å². The monoisotopic (exact) mass is 189 g/mol. The van der Waals surface area contributed by atoms with E-state index >= 15 is 0 Å². The molecule has 2 aliphatic rings. The third-order valence-corrected chi connectivity index (χ3v) is 3.08. The Hall–Kier alpha value is -0.103. The van der Waals surface area contributed by atoms with Crippen LogP contribution < -0.4 is 24.0 Å². The van der Waals surface area contributed by atoms with Gasteiger partial charge in [0.2, 0.25) is 0 Å². The molecule has 0 aromatic rings. The van der Waals surface area contributed by atoms with Gasteiger partial charge in [-0.2, -0.15) is 0 Å². The summed E-state index contributed by atoms with van der Waals surface area (Å²) in [4.78, 5) is 1.88. The van der Waals surface area contributed by atoms with Crippen LogP contribution in [0.2, 0.25) is 0 Å². The number of fused-ring (bicyclic) bond motifs is 1. The first kappa shape index (κ1) is 12.0. The molecule has 0 amide bonds. The minimum Gasteiger partial charge on any atom is -0.860 e. The molecule has 2 heterocycles. The molecular formula is C10H16LiNO2. The van der Waals surface area contributed by atoms with E-state index in [9.17, 15) is 5.11 Å². The van der Waals surface area contributed by atoms with E-state index in [0.717, 1.165) is 6.42 Å². The van der Waals surface area contributed by atoms with E-state index in [2.05, 4.69) is 6.92 Å². The van der Waals surface area contributed by atoms with Crippen molar-refractivity contribution in [1.82, 2.24) is 4.90 Å². The molecule has 2 aliphatic heterocycles. The van der Waals surface area contributed by atoms with Gasteiger partial charge in [-0.05, 0) is 26.2 Å². The molecule has 0 aromatic heterocycles. The van der Waals surface area contributed by atoms with Crippen molar-refractivity contribution >= 4 is 0 Å². The molecule has 2 atom stereocenters. The molecule has 0 saturated carbocycles. The second-order valence-corrected chi connectivity index (χ2v) is 4.27. The predicted molar refractivity (Wildman–Crippen MR) is 47.5 cm³/mol. The summed E-state index contributed by atoms with van der Waals surface area (Å²) in [7, 11) is 0. The van der Waals surface area contributed by atoms with E-state index < -0.39 is 5.72 Å². The van der Waals surface area contributed by atoms with Crippen LogP contribution in [0.1, 0.15) is 27.2 Å². The minimum atomic E-state index is -0.401. The molecule has 1 fully saturated rings. The first-order valence-corrected chi connectivity index (χ1v) is 4.88. The van der Waals surface area contributed by atoms with Gasteiger partial charge >= 0.3 is 18.9 Å². The molecular weight excluding hydrogens is 173 g/mol. The van der Waals surface area contributed by atoms with E-state index in [0.29, 0.717) is 12.5 Å². The fourth-order valence-electron chi connectivity index (χ4n) is 2.34. The van der Waals surface area contributed by atoms with Crippen LogP contribution in [0, 0.1) is 5.92 Å². The number of hydrogen-bond acceptors (Lipinski definition) is 3. The summed E-state index contributed by atoms with van der Waals surface area (Å²) in [5.41, 5.74) is -0.401. The molecule has 1 saturated heterocycles. The number of nitrogens with zero attached hydrogens (tertiary/aromatic N) is 1. The van der Waals surface area contributed by atoms with Crippen molar-refractivity contribution in [3.8, 4) is 0 Å². The Morgan fingerprint density at radius 3 is 2.86 bits per heavy atom. The molecule has 0 spiro atoms. The predicted octanol–water partition coefficient (Wildman–Crippen LogP) is -2.33. The van der Waals surface area contributed by atoms with Crippen molar-refractivity contribution in [3.05, 3.63) is 12.0 Å². The zero-order chi connectivity index (χ0) is 9.64. The van der Waals surface area contributed by atoms with Crippen molar-refractivity contribution in [1.29, 1.82) is 0 Å². The average molecular weight is 189 g/mol. The van der Waals surface area contributed by atoms with Gasteiger partial charge in [0.25, 0.3) is 0 Å². The Labute approximate surface area is 97.3 Å². The van der Waals surface area contributed by atoms with Crippen molar-refractivity contribution in [3.63, 3.8) is 0 Å². The summed E-state index contributed by atoms with van der Waals surface area (Å²) in [6.07, 6.45) is 2.86. The second kappa shape index (κ2) is 3.81. The Kier molecular flexibility index (Phi) is 3.26. The molecule has 0 bridgehead atoms. The van der Waals surface area contributed by atoms with E-state index in [1.165, 1.54) is 0 Å². The molecule has 3 nitrogen and oxygen atoms in total. The fourth-order valence-corrected chi connectivity index (χ4v) is 2.34. The smallest absolute Gasteiger partial charge is 0.860 e. The van der Waals surface area contributed by atoms with Gasteiger partial charge in [0.15, 0.2) is 0 Å². The van der Waals surface area contributed by atoms with Gasteiger partial charge in [-0.3, -0.25) is 0 Å². The fraction of sp³-hybridized carbons (Fsp3) is 0.800. The average Bonchev–Trinajstić information content (AvgIpc) is 2.53. The van der Waals surface area contributed by atoms with E-state index in [4.69, 9.17) is 4.74 Å². The molecule has 4 heteroatoms. The number of hydrogen-bond donors (Lipinski definition) is 0. The summed E-state index contributed by atoms with van der Waals surface area (Å²) in [5, 5.41) is 11.6. The molecule has 0 N–H and O–H groups in total. The maximum Gasteiger partial charge on any atom is 1.00 e. The first-order chi connectivity index (χ1) is 6.06. The van der Waals surface area contributed by atoms with Crippen LogP contribution in [0.4, 0.5) is 0 Å². The summed E-state index contributed by atoms with van der Waals surface area (Å²) in [6.45, 7) is 6.71. The maximum absolute atomic E-state index is 11.6. The normalized spacial score (nSPS) is 33.6. The topological polar surface area (TPSA) is 35.5 Å². The van der Waals surface area contributed by atoms with E-state index in [1.807, 2.05) is 24.8 Å². The van der Waals surface area contributed by atoms with Crippen LogP contribution in [0.3, 0.4) is 0 Å². The Bertz CT molecular complexity index is 253. The van der Waals surface area contributed by atoms with Crippen molar-refractivity contribution in [2.24, 2.45) is 5.92 Å². The zero-order valence-corrected chi connectivity index (χ0v) is 9.41. The van der Waals surface area contributed by atoms with E-state index in [-0.39, 0.29) is 30.8 Å². The molecule has 2 rings (SSSR count). The molecule has 0 aliphatic carbocycles. The first-order valence-electron chi connectivity index (χ1n) is 4.88. The Balaban J connectivity index is 0.000000980. The number of rotatable bonds is 1. The van der Waals surface area contributed by atoms with Crippen LogP contribution in [-0.2, 0) is 4.74 Å². The summed E-state index contributed by atoms with van der Waals surface area (Å²) < 4.78 is 5.59. The standard InChI is InChI=1S/C10H17NO2.Li/c1-4-7-5-9(12)11-8(7)6-13-10(11,2)3;/h5,7-8,12H,4,6H2,1-3H3;/q;+1/p-1/t7-,8-;/m1./s1. The van der Waals surface area contributed by atoms with Crippen LogP contribution in [0.15, 0.2) is 12.0 Å². The second-order valence-electron chi connectivity index (χ2n) is 4.27. The van der Waals surface area contributed by atoms with Crippen molar-refractivity contribution in [2.45, 2.75) is 39.0 Å². The van der Waals surface area contributed by atoms with Gasteiger partial charge < -0.3 is 14.7 Å². The molecule has 0 aromatic carbocycles. The number of ether oxygens (including phenoxy) is 1. The largest absolute Gasteiger partial charge is 1.00 e. The third kappa shape index (κ3) is 1.58. The van der Waals surface area contributed by atoms with Gasteiger partial charge in [-0.15, -0.1) is 0 Å². The van der Waals surface area contributed by atoms with Gasteiger partial charge in [0.05, 0.1) is 12.6 Å². The van der Waals surface area contributed by atoms with Crippen LogP contribution in [0.25, 0.3) is 0 Å². The van der Waals surface area contributed by atoms with Crippen LogP contribution in [0.5, 0.6) is 0 Å². The van der Waals surface area contributed by atoms with Crippen LogP contribution >= 0.6 is 0 Å². The minimum absolute atomic E-state index is 0. The van der Waals surface area contributed by atoms with E-state index in [1.54, 1.807) is 0 Å². The molecule has 0 unspecified atom stereocenters. The molecule has 0 radical (unpaired) electrons. The van der Waals surface area contributed by atoms with Gasteiger partial charge in [0, 0.05) is 5.92 Å². The van der Waals surface area contributed by atoms with Crippen molar-refractivity contribution in [2.75, 3.05) is 6.61 Å². The summed E-state index contributed by atoms with van der Waals surface area (Å²) >= 11 is 0. The SMILES string of the molecule is CC[C@@H]1C=C([O-])N2[C@@H]1COC2(C)C.[Li+]. The maximum atomic E-state index is 11.6. The zero-order valence-electron chi connectivity index (χ0n) is 9.41. The molecule has 14 heavy (non-hydrogen) atoms. The van der Waals surface area contributed by atoms with Crippen LogP contribution in [-0.4, -0.2) is 23.3 Å². The summed E-state index contributed by atoms with van der Waals surface area (Å²) in [5.74, 6) is 0.522. The Morgan fingerprint density at radius 2 is 2.29 bits per heavy atom. The summed E-state index contributed by atoms with van der Waals surface area (Å²) in [6, 6.07) is 0.285. The van der Waals surface area contributed by atoms with Crippen molar-refractivity contribution < 1.29 is 28.7 Å². The van der Waals surface area contributed by atoms with Gasteiger partial charge in [-0.25, -0.2) is 0 Å². The molecule has 74 valence electrons. The third-order valence-electron chi connectivity index (χ3n) is 3.08. The van der Waals surface area contributed by atoms with Gasteiger partial charge in [-0.1, -0.05) is 13.0 Å². The Morgan fingerprint density at radius 1 is 1.64 bits per heavy atom. The quantitative estimate of drug-likeness (QED) is 0.434.